The number of rotatable bonds is 7. The molecule has 9 heteroatoms. The van der Waals surface area contributed by atoms with Crippen LogP contribution in [0.2, 0.25) is 0 Å². The van der Waals surface area contributed by atoms with Crippen molar-refractivity contribution in [3.63, 3.8) is 0 Å². The molecule has 0 aliphatic heterocycles. The summed E-state index contributed by atoms with van der Waals surface area (Å²) >= 11 is 0. The van der Waals surface area contributed by atoms with Crippen molar-refractivity contribution in [3.8, 4) is 5.82 Å². The molecule has 9 nitrogen and oxygen atoms in total. The van der Waals surface area contributed by atoms with Crippen molar-refractivity contribution >= 4 is 17.9 Å². The molecule has 0 aliphatic carbocycles. The molecule has 0 bridgehead atoms. The summed E-state index contributed by atoms with van der Waals surface area (Å²) in [6.45, 7) is 5.69. The fourth-order valence-electron chi connectivity index (χ4n) is 2.29. The van der Waals surface area contributed by atoms with Gasteiger partial charge in [-0.25, -0.2) is 19.3 Å². The van der Waals surface area contributed by atoms with Gasteiger partial charge in [-0.05, 0) is 38.5 Å². The second-order valence-corrected chi connectivity index (χ2v) is 5.98. The van der Waals surface area contributed by atoms with E-state index in [9.17, 15) is 14.4 Å². The molecule has 3 amide bonds. The van der Waals surface area contributed by atoms with E-state index in [2.05, 4.69) is 20.7 Å². The zero-order valence-electron chi connectivity index (χ0n) is 15.6. The number of aromatic nitrogens is 3. The van der Waals surface area contributed by atoms with E-state index in [0.717, 1.165) is 24.2 Å². The van der Waals surface area contributed by atoms with Crippen LogP contribution in [0.3, 0.4) is 0 Å². The van der Waals surface area contributed by atoms with Crippen LogP contribution < -0.4 is 10.6 Å². The topological polar surface area (TPSA) is 115 Å². The molecular weight excluding hydrogens is 350 g/mol. The lowest BCUT2D eigenvalue weighted by molar-refractivity contribution is -0.123. The molecule has 2 N–H and O–H groups in total. The van der Waals surface area contributed by atoms with Gasteiger partial charge in [0.15, 0.2) is 12.4 Å². The first kappa shape index (κ1) is 20.1. The van der Waals surface area contributed by atoms with E-state index >= 15 is 0 Å². The first-order valence-electron chi connectivity index (χ1n) is 8.65. The average Bonchev–Trinajstić information content (AvgIpc) is 2.98. The number of nitrogens with one attached hydrogen (secondary N) is 2. The molecule has 0 saturated heterocycles. The van der Waals surface area contributed by atoms with Crippen molar-refractivity contribution in [2.24, 2.45) is 0 Å². The van der Waals surface area contributed by atoms with E-state index in [1.165, 1.54) is 12.3 Å². The summed E-state index contributed by atoms with van der Waals surface area (Å²) in [7, 11) is 0. The normalized spacial score (nSPS) is 10.3. The smallest absolute Gasteiger partial charge is 0.340 e. The fourth-order valence-corrected chi connectivity index (χ4v) is 2.29. The van der Waals surface area contributed by atoms with Gasteiger partial charge < -0.3 is 10.1 Å². The molecular formula is C18H23N5O4. The Labute approximate surface area is 157 Å². The SMILES string of the molecule is CCCCNC(=O)NC(=O)COC(=O)c1ccc(-n2nc(C)cc2C)nc1. The third-order valence-electron chi connectivity index (χ3n) is 3.61. The molecule has 27 heavy (non-hydrogen) atoms. The first-order chi connectivity index (χ1) is 12.9. The highest BCUT2D eigenvalue weighted by Crippen LogP contribution is 2.10. The number of unbranched alkanes of at least 4 members (excludes halogenated alkanes) is 1. The van der Waals surface area contributed by atoms with Gasteiger partial charge in [0, 0.05) is 18.4 Å². The van der Waals surface area contributed by atoms with Gasteiger partial charge in [0.05, 0.1) is 11.3 Å². The maximum atomic E-state index is 12.0. The van der Waals surface area contributed by atoms with E-state index in [1.54, 1.807) is 10.7 Å². The van der Waals surface area contributed by atoms with Crippen molar-refractivity contribution in [2.75, 3.05) is 13.2 Å². The Morgan fingerprint density at radius 3 is 2.59 bits per heavy atom. The van der Waals surface area contributed by atoms with E-state index in [1.807, 2.05) is 26.8 Å². The zero-order chi connectivity index (χ0) is 19.8. The molecule has 2 heterocycles. The third kappa shape index (κ3) is 5.91. The lowest BCUT2D eigenvalue weighted by Gasteiger charge is -2.07. The minimum absolute atomic E-state index is 0.195. The second-order valence-electron chi connectivity index (χ2n) is 5.98. The van der Waals surface area contributed by atoms with Crippen molar-refractivity contribution in [3.05, 3.63) is 41.3 Å². The minimum atomic E-state index is -0.705. The summed E-state index contributed by atoms with van der Waals surface area (Å²) in [6, 6.07) is 4.48. The summed E-state index contributed by atoms with van der Waals surface area (Å²) in [5.74, 6) is -0.841. The van der Waals surface area contributed by atoms with Crippen molar-refractivity contribution in [1.29, 1.82) is 0 Å². The van der Waals surface area contributed by atoms with Gasteiger partial charge in [0.2, 0.25) is 0 Å². The van der Waals surface area contributed by atoms with E-state index < -0.39 is 24.5 Å². The molecule has 2 aromatic rings. The maximum Gasteiger partial charge on any atom is 0.340 e. The maximum absolute atomic E-state index is 12.0. The molecule has 0 aliphatic rings. The number of imide groups is 1. The van der Waals surface area contributed by atoms with Crippen LogP contribution in [-0.2, 0) is 9.53 Å². The van der Waals surface area contributed by atoms with Crippen LogP contribution >= 0.6 is 0 Å². The average molecular weight is 373 g/mol. The molecule has 0 spiro atoms. The molecule has 0 saturated carbocycles. The Hall–Kier alpha value is -3.23. The Kier molecular flexibility index (Phi) is 7.04. The predicted molar refractivity (Wildman–Crippen MR) is 97.6 cm³/mol. The van der Waals surface area contributed by atoms with Crippen LogP contribution in [0.5, 0.6) is 0 Å². The van der Waals surface area contributed by atoms with Crippen LogP contribution in [0.4, 0.5) is 4.79 Å². The van der Waals surface area contributed by atoms with Gasteiger partial charge in [-0.2, -0.15) is 5.10 Å². The summed E-state index contributed by atoms with van der Waals surface area (Å²) in [6.07, 6.45) is 3.10. The van der Waals surface area contributed by atoms with E-state index in [0.29, 0.717) is 12.4 Å². The Morgan fingerprint density at radius 1 is 1.22 bits per heavy atom. The Balaban J connectivity index is 1.84. The minimum Gasteiger partial charge on any atom is -0.452 e. The largest absolute Gasteiger partial charge is 0.452 e. The fraction of sp³-hybridized carbons (Fsp3) is 0.389. The highest BCUT2D eigenvalue weighted by atomic mass is 16.5. The lowest BCUT2D eigenvalue weighted by Crippen LogP contribution is -2.41. The zero-order valence-corrected chi connectivity index (χ0v) is 15.6. The summed E-state index contributed by atoms with van der Waals surface area (Å²) in [5, 5.41) is 8.94. The van der Waals surface area contributed by atoms with Gasteiger partial charge in [0.25, 0.3) is 5.91 Å². The van der Waals surface area contributed by atoms with Crippen LogP contribution in [-0.4, -0.2) is 45.8 Å². The third-order valence-corrected chi connectivity index (χ3v) is 3.61. The molecule has 2 rings (SSSR count). The van der Waals surface area contributed by atoms with Crippen LogP contribution in [0.1, 0.15) is 41.5 Å². The van der Waals surface area contributed by atoms with Crippen LogP contribution in [0, 0.1) is 13.8 Å². The first-order valence-corrected chi connectivity index (χ1v) is 8.65. The number of hydrogen-bond acceptors (Lipinski definition) is 6. The number of hydrogen-bond donors (Lipinski definition) is 2. The lowest BCUT2D eigenvalue weighted by atomic mass is 10.3. The molecule has 0 atom stereocenters. The summed E-state index contributed by atoms with van der Waals surface area (Å²) in [5.41, 5.74) is 1.98. The van der Waals surface area contributed by atoms with Gasteiger partial charge in [-0.3, -0.25) is 10.1 Å². The Bertz CT molecular complexity index is 814. The van der Waals surface area contributed by atoms with Gasteiger partial charge in [-0.1, -0.05) is 13.3 Å². The van der Waals surface area contributed by atoms with Crippen LogP contribution in [0.25, 0.3) is 5.82 Å². The number of pyridine rings is 1. The van der Waals surface area contributed by atoms with Crippen molar-refractivity contribution < 1.29 is 19.1 Å². The van der Waals surface area contributed by atoms with Crippen molar-refractivity contribution in [1.82, 2.24) is 25.4 Å². The number of ether oxygens (including phenoxy) is 1. The quantitative estimate of drug-likeness (QED) is 0.563. The number of esters is 1. The number of urea groups is 1. The molecule has 0 aromatic carbocycles. The molecule has 0 fully saturated rings. The molecule has 0 unspecified atom stereocenters. The highest BCUT2D eigenvalue weighted by molar-refractivity contribution is 5.96. The summed E-state index contributed by atoms with van der Waals surface area (Å²) in [4.78, 5) is 39.3. The van der Waals surface area contributed by atoms with Gasteiger partial charge in [0.1, 0.15) is 0 Å². The monoisotopic (exact) mass is 373 g/mol. The Morgan fingerprint density at radius 2 is 2.00 bits per heavy atom. The molecule has 144 valence electrons. The van der Waals surface area contributed by atoms with Crippen molar-refractivity contribution in [2.45, 2.75) is 33.6 Å². The van der Waals surface area contributed by atoms with Gasteiger partial charge >= 0.3 is 12.0 Å². The number of carbonyl (C=O) groups is 3. The number of nitrogens with zero attached hydrogens (tertiary/aromatic N) is 3. The number of amides is 3. The van der Waals surface area contributed by atoms with Gasteiger partial charge in [-0.15, -0.1) is 0 Å². The van der Waals surface area contributed by atoms with Crippen LogP contribution in [0.15, 0.2) is 24.4 Å². The number of aryl methyl sites for hydroxylation is 2. The van der Waals surface area contributed by atoms with E-state index in [-0.39, 0.29) is 5.56 Å². The van der Waals surface area contributed by atoms with E-state index in [4.69, 9.17) is 4.74 Å². The summed E-state index contributed by atoms with van der Waals surface area (Å²) < 4.78 is 6.56. The molecule has 0 radical (unpaired) electrons. The highest BCUT2D eigenvalue weighted by Gasteiger charge is 2.13. The molecule has 2 aromatic heterocycles. The predicted octanol–water partition coefficient (Wildman–Crippen LogP) is 1.67. The standard InChI is InChI=1S/C18H23N5O4/c1-4-5-8-19-18(26)21-16(24)11-27-17(25)14-6-7-15(20-10-14)23-13(3)9-12(2)22-23/h6-7,9-10H,4-5,8,11H2,1-3H3,(H2,19,21,24,26). The number of carbonyl (C=O) groups excluding carboxylic acids is 3. The second kappa shape index (κ2) is 9.46.